The number of hydrogen-bond acceptors (Lipinski definition) is 5. The van der Waals surface area contributed by atoms with Crippen LogP contribution >= 0.6 is 0 Å². The van der Waals surface area contributed by atoms with Gasteiger partial charge in [-0.05, 0) is 37.1 Å². The number of rotatable bonds is 8. The molecule has 0 aromatic heterocycles. The van der Waals surface area contributed by atoms with Crippen molar-refractivity contribution in [2.24, 2.45) is 0 Å². The summed E-state index contributed by atoms with van der Waals surface area (Å²) in [6.45, 7) is 2.10. The summed E-state index contributed by atoms with van der Waals surface area (Å²) in [6, 6.07) is 8.73. The van der Waals surface area contributed by atoms with Crippen LogP contribution in [-0.4, -0.2) is 43.5 Å². The Bertz CT molecular complexity index is 677. The molecule has 0 atom stereocenters. The van der Waals surface area contributed by atoms with Crippen molar-refractivity contribution in [2.75, 3.05) is 32.1 Å². The standard InChI is InChI=1S/C18H22N4O3/c1-25-16-7-5-15(6-8-16)21-18(24)14(12-19)13-20-9-3-11-22-10-2-4-17(22)23/h5-8,13,20H,2-4,9-11H2,1H3,(H,21,24)/b14-13-. The van der Waals surface area contributed by atoms with E-state index < -0.39 is 5.91 Å². The van der Waals surface area contributed by atoms with Gasteiger partial charge in [0, 0.05) is 37.9 Å². The minimum absolute atomic E-state index is 0.00642. The van der Waals surface area contributed by atoms with E-state index in [0.717, 1.165) is 19.4 Å². The van der Waals surface area contributed by atoms with Gasteiger partial charge in [-0.3, -0.25) is 9.59 Å². The highest BCUT2D eigenvalue weighted by Gasteiger charge is 2.18. The fourth-order valence-electron chi connectivity index (χ4n) is 2.51. The first-order chi connectivity index (χ1) is 12.1. The van der Waals surface area contributed by atoms with E-state index in [9.17, 15) is 9.59 Å². The van der Waals surface area contributed by atoms with Crippen LogP contribution in [0.2, 0.25) is 0 Å². The fourth-order valence-corrected chi connectivity index (χ4v) is 2.51. The third kappa shape index (κ3) is 5.53. The van der Waals surface area contributed by atoms with Crippen molar-refractivity contribution in [3.63, 3.8) is 0 Å². The Balaban J connectivity index is 1.77. The van der Waals surface area contributed by atoms with Gasteiger partial charge in [0.15, 0.2) is 0 Å². The van der Waals surface area contributed by atoms with Crippen LogP contribution in [0.1, 0.15) is 19.3 Å². The topological polar surface area (TPSA) is 94.5 Å². The summed E-state index contributed by atoms with van der Waals surface area (Å²) >= 11 is 0. The van der Waals surface area contributed by atoms with Crippen LogP contribution in [0.5, 0.6) is 5.75 Å². The molecule has 2 amide bonds. The second kappa shape index (κ2) is 9.33. The summed E-state index contributed by atoms with van der Waals surface area (Å²) in [4.78, 5) is 25.4. The van der Waals surface area contributed by atoms with E-state index in [-0.39, 0.29) is 11.5 Å². The van der Waals surface area contributed by atoms with Crippen molar-refractivity contribution in [1.82, 2.24) is 10.2 Å². The number of nitrogens with one attached hydrogen (secondary N) is 2. The molecule has 1 saturated heterocycles. The van der Waals surface area contributed by atoms with Crippen molar-refractivity contribution in [2.45, 2.75) is 19.3 Å². The zero-order valence-electron chi connectivity index (χ0n) is 14.2. The Morgan fingerprint density at radius 3 is 2.76 bits per heavy atom. The summed E-state index contributed by atoms with van der Waals surface area (Å²) in [7, 11) is 1.56. The summed E-state index contributed by atoms with van der Waals surface area (Å²) in [5, 5.41) is 14.7. The monoisotopic (exact) mass is 342 g/mol. The molecule has 0 unspecified atom stereocenters. The largest absolute Gasteiger partial charge is 0.497 e. The predicted octanol–water partition coefficient (Wildman–Crippen LogP) is 1.64. The molecule has 0 aliphatic carbocycles. The van der Waals surface area contributed by atoms with Gasteiger partial charge in [-0.1, -0.05) is 0 Å². The van der Waals surface area contributed by atoms with Crippen LogP contribution < -0.4 is 15.4 Å². The van der Waals surface area contributed by atoms with E-state index in [1.54, 1.807) is 31.4 Å². The van der Waals surface area contributed by atoms with Crippen molar-refractivity contribution in [3.05, 3.63) is 36.0 Å². The van der Waals surface area contributed by atoms with Crippen LogP contribution in [0.25, 0.3) is 0 Å². The number of nitriles is 1. The molecule has 2 N–H and O–H groups in total. The van der Waals surface area contributed by atoms with Crippen LogP contribution in [0.3, 0.4) is 0 Å². The number of carbonyl (C=O) groups is 2. The van der Waals surface area contributed by atoms with E-state index >= 15 is 0 Å². The Morgan fingerprint density at radius 1 is 1.40 bits per heavy atom. The van der Waals surface area contributed by atoms with Gasteiger partial charge in [0.1, 0.15) is 17.4 Å². The first-order valence-corrected chi connectivity index (χ1v) is 8.21. The van der Waals surface area contributed by atoms with E-state index in [2.05, 4.69) is 10.6 Å². The van der Waals surface area contributed by atoms with Gasteiger partial charge in [0.25, 0.3) is 5.91 Å². The zero-order valence-corrected chi connectivity index (χ0v) is 14.2. The second-order valence-electron chi connectivity index (χ2n) is 5.64. The number of anilines is 1. The molecule has 25 heavy (non-hydrogen) atoms. The Hall–Kier alpha value is -3.01. The summed E-state index contributed by atoms with van der Waals surface area (Å²) < 4.78 is 5.05. The summed E-state index contributed by atoms with van der Waals surface area (Å²) in [5.41, 5.74) is 0.576. The number of carbonyl (C=O) groups excluding carboxylic acids is 2. The average molecular weight is 342 g/mol. The molecule has 1 heterocycles. The number of benzene rings is 1. The molecular formula is C18H22N4O3. The van der Waals surface area contributed by atoms with Gasteiger partial charge in [-0.2, -0.15) is 5.26 Å². The van der Waals surface area contributed by atoms with Gasteiger partial charge >= 0.3 is 0 Å². The number of nitrogens with zero attached hydrogens (tertiary/aromatic N) is 2. The highest BCUT2D eigenvalue weighted by molar-refractivity contribution is 6.06. The van der Waals surface area contributed by atoms with Crippen molar-refractivity contribution in [3.8, 4) is 11.8 Å². The number of methoxy groups -OCH3 is 1. The quantitative estimate of drug-likeness (QED) is 0.425. The number of hydrogen-bond donors (Lipinski definition) is 2. The van der Waals surface area contributed by atoms with E-state index in [0.29, 0.717) is 30.9 Å². The lowest BCUT2D eigenvalue weighted by Gasteiger charge is -2.14. The minimum Gasteiger partial charge on any atom is -0.497 e. The van der Waals surface area contributed by atoms with Crippen LogP contribution in [0.15, 0.2) is 36.0 Å². The average Bonchev–Trinajstić information content (AvgIpc) is 3.03. The molecule has 1 aromatic rings. The lowest BCUT2D eigenvalue weighted by molar-refractivity contribution is -0.127. The SMILES string of the molecule is COc1ccc(NC(=O)/C(C#N)=C\NCCCN2CCCC2=O)cc1. The molecule has 1 aromatic carbocycles. The van der Waals surface area contributed by atoms with Gasteiger partial charge < -0.3 is 20.3 Å². The fraction of sp³-hybridized carbons (Fsp3) is 0.389. The Morgan fingerprint density at radius 2 is 2.16 bits per heavy atom. The second-order valence-corrected chi connectivity index (χ2v) is 5.64. The van der Waals surface area contributed by atoms with Crippen LogP contribution in [0.4, 0.5) is 5.69 Å². The van der Waals surface area contributed by atoms with Crippen molar-refractivity contribution < 1.29 is 14.3 Å². The molecule has 1 aliphatic rings. The molecule has 0 spiro atoms. The highest BCUT2D eigenvalue weighted by Crippen LogP contribution is 2.15. The number of likely N-dealkylation sites (tertiary alicyclic amines) is 1. The normalized spacial score (nSPS) is 14.2. The summed E-state index contributed by atoms with van der Waals surface area (Å²) in [6.07, 6.45) is 3.74. The van der Waals surface area contributed by atoms with Gasteiger partial charge in [0.2, 0.25) is 5.91 Å². The molecule has 0 saturated carbocycles. The van der Waals surface area contributed by atoms with Gasteiger partial charge in [-0.25, -0.2) is 0 Å². The molecule has 7 nitrogen and oxygen atoms in total. The Kier molecular flexibility index (Phi) is 6.84. The summed E-state index contributed by atoms with van der Waals surface area (Å²) in [5.74, 6) is 0.411. The maximum absolute atomic E-state index is 12.1. The van der Waals surface area contributed by atoms with Crippen LogP contribution in [-0.2, 0) is 9.59 Å². The molecular weight excluding hydrogens is 320 g/mol. The molecule has 0 bridgehead atoms. The molecule has 132 valence electrons. The minimum atomic E-state index is -0.477. The first kappa shape index (κ1) is 18.3. The predicted molar refractivity (Wildman–Crippen MR) is 93.8 cm³/mol. The highest BCUT2D eigenvalue weighted by atomic mass is 16.5. The van der Waals surface area contributed by atoms with E-state index in [4.69, 9.17) is 10.00 Å². The maximum atomic E-state index is 12.1. The van der Waals surface area contributed by atoms with Crippen LogP contribution in [0, 0.1) is 11.3 Å². The molecule has 0 radical (unpaired) electrons. The molecule has 1 aliphatic heterocycles. The van der Waals surface area contributed by atoms with Crippen molar-refractivity contribution in [1.29, 1.82) is 5.26 Å². The van der Waals surface area contributed by atoms with E-state index in [1.165, 1.54) is 6.20 Å². The lowest BCUT2D eigenvalue weighted by atomic mass is 10.2. The Labute approximate surface area is 147 Å². The lowest BCUT2D eigenvalue weighted by Crippen LogP contribution is -2.27. The third-order valence-electron chi connectivity index (χ3n) is 3.88. The van der Waals surface area contributed by atoms with Crippen molar-refractivity contribution >= 4 is 17.5 Å². The third-order valence-corrected chi connectivity index (χ3v) is 3.88. The molecule has 1 fully saturated rings. The first-order valence-electron chi connectivity index (χ1n) is 8.21. The zero-order chi connectivity index (χ0) is 18.1. The van der Waals surface area contributed by atoms with E-state index in [1.807, 2.05) is 11.0 Å². The number of ether oxygens (including phenoxy) is 1. The maximum Gasteiger partial charge on any atom is 0.267 e. The van der Waals surface area contributed by atoms with Gasteiger partial charge in [0.05, 0.1) is 7.11 Å². The molecule has 2 rings (SSSR count). The smallest absolute Gasteiger partial charge is 0.267 e. The molecule has 7 heteroatoms. The van der Waals surface area contributed by atoms with Gasteiger partial charge in [-0.15, -0.1) is 0 Å². The number of amides is 2.